The van der Waals surface area contributed by atoms with Gasteiger partial charge in [-0.2, -0.15) is 11.8 Å². The van der Waals surface area contributed by atoms with Crippen LogP contribution in [-0.2, 0) is 6.42 Å². The minimum absolute atomic E-state index is 0.523. The van der Waals surface area contributed by atoms with Crippen LogP contribution < -0.4 is 16.6 Å². The number of nitrogens with two attached hydrogens (primary N) is 1. The van der Waals surface area contributed by atoms with Crippen molar-refractivity contribution in [1.82, 2.24) is 9.97 Å². The number of hydrazine groups is 1. The maximum absolute atomic E-state index is 5.42. The predicted octanol–water partition coefficient (Wildman–Crippen LogP) is 1.63. The molecule has 94 valence electrons. The van der Waals surface area contributed by atoms with Crippen molar-refractivity contribution in [2.75, 3.05) is 22.2 Å². The van der Waals surface area contributed by atoms with Gasteiger partial charge in [-0.15, -0.1) is 0 Å². The molecule has 0 aliphatic carbocycles. The smallest absolute Gasteiger partial charge is 0.145 e. The second-order valence-corrected chi connectivity index (χ2v) is 5.30. The van der Waals surface area contributed by atoms with Crippen LogP contribution in [0, 0.1) is 0 Å². The number of nitrogens with zero attached hydrogens (tertiary/aromatic N) is 2. The lowest BCUT2D eigenvalue weighted by Gasteiger charge is -2.13. The van der Waals surface area contributed by atoms with Crippen LogP contribution in [0.3, 0.4) is 0 Å². The maximum Gasteiger partial charge on any atom is 0.145 e. The topological polar surface area (TPSA) is 75.9 Å². The van der Waals surface area contributed by atoms with E-state index in [4.69, 9.17) is 5.84 Å². The van der Waals surface area contributed by atoms with Crippen molar-refractivity contribution in [2.45, 2.75) is 32.2 Å². The summed E-state index contributed by atoms with van der Waals surface area (Å²) in [6.45, 7) is 2.12. The first-order chi connectivity index (χ1) is 8.31. The summed E-state index contributed by atoms with van der Waals surface area (Å²) in [7, 11) is 0. The molecule has 6 heteroatoms. The van der Waals surface area contributed by atoms with Crippen LogP contribution >= 0.6 is 11.8 Å². The molecule has 0 bridgehead atoms. The summed E-state index contributed by atoms with van der Waals surface area (Å²) in [4.78, 5) is 8.83. The van der Waals surface area contributed by atoms with Crippen LogP contribution in [0.25, 0.3) is 0 Å². The third-order valence-electron chi connectivity index (χ3n) is 2.68. The predicted molar refractivity (Wildman–Crippen MR) is 73.2 cm³/mol. The molecule has 4 N–H and O–H groups in total. The van der Waals surface area contributed by atoms with Gasteiger partial charge in [-0.05, 0) is 18.6 Å². The Morgan fingerprint density at radius 1 is 1.47 bits per heavy atom. The molecule has 1 aromatic heterocycles. The van der Waals surface area contributed by atoms with Crippen LogP contribution in [0.1, 0.15) is 25.6 Å². The van der Waals surface area contributed by atoms with Crippen LogP contribution in [0.2, 0.25) is 0 Å². The van der Waals surface area contributed by atoms with E-state index in [1.807, 2.05) is 17.8 Å². The molecule has 0 aromatic carbocycles. The number of nitrogen functional groups attached to an aromatic ring is 1. The van der Waals surface area contributed by atoms with Crippen molar-refractivity contribution in [1.29, 1.82) is 0 Å². The van der Waals surface area contributed by atoms with Crippen LogP contribution in [0.15, 0.2) is 6.07 Å². The van der Waals surface area contributed by atoms with Crippen LogP contribution in [-0.4, -0.2) is 27.5 Å². The molecule has 1 aromatic rings. The molecule has 0 spiro atoms. The van der Waals surface area contributed by atoms with Gasteiger partial charge in [0.25, 0.3) is 0 Å². The molecule has 1 unspecified atom stereocenters. The van der Waals surface area contributed by atoms with E-state index in [1.165, 1.54) is 12.2 Å². The molecule has 5 nitrogen and oxygen atoms in total. The quantitative estimate of drug-likeness (QED) is 0.547. The monoisotopic (exact) mass is 253 g/mol. The first-order valence-electron chi connectivity index (χ1n) is 6.00. The molecule has 2 rings (SSSR count). The lowest BCUT2D eigenvalue weighted by Crippen LogP contribution is -2.20. The van der Waals surface area contributed by atoms with E-state index in [1.54, 1.807) is 0 Å². The van der Waals surface area contributed by atoms with Crippen molar-refractivity contribution in [3.8, 4) is 0 Å². The Balaban J connectivity index is 2.10. The number of thioether (sulfide) groups is 1. The highest BCUT2D eigenvalue weighted by molar-refractivity contribution is 7.99. The summed E-state index contributed by atoms with van der Waals surface area (Å²) in [5.41, 5.74) is 2.59. The number of rotatable bonds is 5. The summed E-state index contributed by atoms with van der Waals surface area (Å²) in [6, 6.07) is 2.39. The normalized spacial score (nSPS) is 19.3. The Morgan fingerprint density at radius 3 is 2.94 bits per heavy atom. The summed E-state index contributed by atoms with van der Waals surface area (Å²) < 4.78 is 0. The fourth-order valence-corrected chi connectivity index (χ4v) is 2.99. The van der Waals surface area contributed by atoms with E-state index in [2.05, 4.69) is 27.6 Å². The largest absolute Gasteiger partial charge is 0.366 e. The molecule has 2 heterocycles. The summed E-state index contributed by atoms with van der Waals surface area (Å²) in [6.07, 6.45) is 3.11. The van der Waals surface area contributed by atoms with Gasteiger partial charge in [-0.1, -0.05) is 6.92 Å². The minimum atomic E-state index is 0.523. The van der Waals surface area contributed by atoms with Crippen molar-refractivity contribution in [3.63, 3.8) is 0 Å². The average molecular weight is 253 g/mol. The fraction of sp³-hybridized carbons (Fsp3) is 0.636. The molecule has 1 aliphatic heterocycles. The van der Waals surface area contributed by atoms with E-state index in [9.17, 15) is 0 Å². The van der Waals surface area contributed by atoms with Gasteiger partial charge in [0.2, 0.25) is 0 Å². The number of nitrogens with one attached hydrogen (secondary N) is 2. The van der Waals surface area contributed by atoms with Gasteiger partial charge >= 0.3 is 0 Å². The van der Waals surface area contributed by atoms with Gasteiger partial charge in [-0.25, -0.2) is 15.8 Å². The van der Waals surface area contributed by atoms with E-state index in [0.717, 1.165) is 30.2 Å². The molecule has 0 amide bonds. The second kappa shape index (κ2) is 6.07. The fourth-order valence-electron chi connectivity index (χ4n) is 1.84. The lowest BCUT2D eigenvalue weighted by atomic mass is 10.2. The third-order valence-corrected chi connectivity index (χ3v) is 3.84. The molecule has 0 radical (unpaired) electrons. The van der Waals surface area contributed by atoms with Crippen LogP contribution in [0.5, 0.6) is 0 Å². The zero-order valence-corrected chi connectivity index (χ0v) is 10.9. The highest BCUT2D eigenvalue weighted by atomic mass is 32.2. The Morgan fingerprint density at radius 2 is 2.29 bits per heavy atom. The molecule has 17 heavy (non-hydrogen) atoms. The number of hydrogen-bond donors (Lipinski definition) is 3. The Labute approximate surface area is 106 Å². The molecule has 1 atom stereocenters. The van der Waals surface area contributed by atoms with E-state index in [0.29, 0.717) is 11.9 Å². The van der Waals surface area contributed by atoms with Crippen molar-refractivity contribution < 1.29 is 0 Å². The number of aromatic nitrogens is 2. The SMILES string of the molecule is CCCc1nc(NN)cc(NC2CCSC2)n1. The van der Waals surface area contributed by atoms with Crippen molar-refractivity contribution in [2.24, 2.45) is 5.84 Å². The zero-order valence-electron chi connectivity index (χ0n) is 10.1. The minimum Gasteiger partial charge on any atom is -0.366 e. The number of hydrogen-bond acceptors (Lipinski definition) is 6. The Hall–Kier alpha value is -1.01. The standard InChI is InChI=1S/C11H19N5S/c1-2-3-9-14-10(6-11(15-9)16-12)13-8-4-5-17-7-8/h6,8H,2-5,7,12H2,1H3,(H2,13,14,15,16). The average Bonchev–Trinajstić information content (AvgIpc) is 2.82. The maximum atomic E-state index is 5.42. The van der Waals surface area contributed by atoms with Gasteiger partial charge in [0, 0.05) is 24.3 Å². The number of anilines is 2. The molecular weight excluding hydrogens is 234 g/mol. The summed E-state index contributed by atoms with van der Waals surface area (Å²) in [5, 5.41) is 3.45. The van der Waals surface area contributed by atoms with E-state index < -0.39 is 0 Å². The molecule has 1 aliphatic rings. The zero-order chi connectivity index (χ0) is 12.1. The van der Waals surface area contributed by atoms with Gasteiger partial charge in [-0.3, -0.25) is 0 Å². The Bertz CT molecular complexity index is 365. The van der Waals surface area contributed by atoms with Gasteiger partial charge in [0.1, 0.15) is 17.5 Å². The second-order valence-electron chi connectivity index (χ2n) is 4.15. The van der Waals surface area contributed by atoms with Gasteiger partial charge in [0.15, 0.2) is 0 Å². The van der Waals surface area contributed by atoms with E-state index in [-0.39, 0.29) is 0 Å². The van der Waals surface area contributed by atoms with Crippen molar-refractivity contribution >= 4 is 23.4 Å². The third kappa shape index (κ3) is 3.47. The van der Waals surface area contributed by atoms with Crippen LogP contribution in [0.4, 0.5) is 11.6 Å². The van der Waals surface area contributed by atoms with Crippen molar-refractivity contribution in [3.05, 3.63) is 11.9 Å². The highest BCUT2D eigenvalue weighted by Crippen LogP contribution is 2.21. The summed E-state index contributed by atoms with van der Waals surface area (Å²) in [5.74, 6) is 10.2. The molecule has 0 saturated carbocycles. The Kier molecular flexibility index (Phi) is 4.44. The number of aryl methyl sites for hydroxylation is 1. The molecule has 1 saturated heterocycles. The first kappa shape index (κ1) is 12.4. The summed E-state index contributed by atoms with van der Waals surface area (Å²) >= 11 is 1.98. The lowest BCUT2D eigenvalue weighted by molar-refractivity contribution is 0.791. The highest BCUT2D eigenvalue weighted by Gasteiger charge is 2.16. The molecular formula is C11H19N5S. The van der Waals surface area contributed by atoms with Gasteiger partial charge < -0.3 is 10.7 Å². The van der Waals surface area contributed by atoms with Gasteiger partial charge in [0.05, 0.1) is 0 Å². The van der Waals surface area contributed by atoms with E-state index >= 15 is 0 Å². The molecule has 1 fully saturated rings. The first-order valence-corrected chi connectivity index (χ1v) is 7.16.